The van der Waals surface area contributed by atoms with E-state index in [1.807, 2.05) is 0 Å². The van der Waals surface area contributed by atoms with E-state index in [4.69, 9.17) is 15.9 Å². The molecule has 23 heavy (non-hydrogen) atoms. The van der Waals surface area contributed by atoms with Crippen LogP contribution in [0.1, 0.15) is 25.5 Å². The topological polar surface area (TPSA) is 76.7 Å². The van der Waals surface area contributed by atoms with Crippen LogP contribution >= 0.6 is 0 Å². The van der Waals surface area contributed by atoms with Crippen LogP contribution in [0.25, 0.3) is 0 Å². The fourth-order valence-electron chi connectivity index (χ4n) is 2.33. The van der Waals surface area contributed by atoms with Crippen LogP contribution in [-0.2, 0) is 9.53 Å². The molecule has 2 amide bonds. The van der Waals surface area contributed by atoms with Crippen LogP contribution < -0.4 is 15.4 Å². The fraction of sp³-hybridized carbons (Fsp3) is 0.294. The van der Waals surface area contributed by atoms with Crippen molar-refractivity contribution in [1.29, 1.82) is 0 Å². The van der Waals surface area contributed by atoms with Gasteiger partial charge in [-0.15, -0.1) is 6.42 Å². The van der Waals surface area contributed by atoms with Crippen LogP contribution in [0.4, 0.5) is 4.79 Å². The first-order valence-electron chi connectivity index (χ1n) is 7.18. The van der Waals surface area contributed by atoms with Crippen LogP contribution in [0.3, 0.4) is 0 Å². The number of allylic oxidation sites excluding steroid dienone is 1. The van der Waals surface area contributed by atoms with E-state index in [9.17, 15) is 9.59 Å². The van der Waals surface area contributed by atoms with Crippen molar-refractivity contribution in [2.45, 2.75) is 19.9 Å². The van der Waals surface area contributed by atoms with Crippen molar-refractivity contribution in [2.24, 2.45) is 0 Å². The highest BCUT2D eigenvalue weighted by atomic mass is 16.5. The fourth-order valence-corrected chi connectivity index (χ4v) is 2.33. The molecule has 1 heterocycles. The van der Waals surface area contributed by atoms with Gasteiger partial charge in [0.15, 0.2) is 0 Å². The molecular formula is C17H18N2O4. The van der Waals surface area contributed by atoms with E-state index in [1.54, 1.807) is 38.1 Å². The first-order valence-corrected chi connectivity index (χ1v) is 7.18. The second-order valence-electron chi connectivity index (χ2n) is 4.86. The lowest BCUT2D eigenvalue weighted by Gasteiger charge is -2.28. The van der Waals surface area contributed by atoms with Gasteiger partial charge in [0, 0.05) is 5.70 Å². The third kappa shape index (κ3) is 3.83. The minimum Gasteiger partial charge on any atom is -0.481 e. The SMILES string of the molecule is C#CCOc1cccc([C@@H]2NC(=O)NC(C)=C2C(=O)OCC)c1. The van der Waals surface area contributed by atoms with Gasteiger partial charge in [0.1, 0.15) is 12.4 Å². The number of ether oxygens (including phenoxy) is 2. The van der Waals surface area contributed by atoms with Crippen molar-refractivity contribution < 1.29 is 19.1 Å². The third-order valence-corrected chi connectivity index (χ3v) is 3.28. The summed E-state index contributed by atoms with van der Waals surface area (Å²) in [5.41, 5.74) is 1.53. The molecule has 0 radical (unpaired) electrons. The lowest BCUT2D eigenvalue weighted by atomic mass is 9.95. The van der Waals surface area contributed by atoms with Gasteiger partial charge in [-0.05, 0) is 31.5 Å². The molecule has 120 valence electrons. The molecule has 0 aromatic heterocycles. The van der Waals surface area contributed by atoms with Gasteiger partial charge in [0.25, 0.3) is 0 Å². The van der Waals surface area contributed by atoms with Crippen LogP contribution in [0.5, 0.6) is 5.75 Å². The highest BCUT2D eigenvalue weighted by Gasteiger charge is 2.32. The molecule has 2 rings (SSSR count). The first-order chi connectivity index (χ1) is 11.1. The van der Waals surface area contributed by atoms with Crippen LogP contribution in [-0.4, -0.2) is 25.2 Å². The number of hydrogen-bond acceptors (Lipinski definition) is 4. The normalized spacial score (nSPS) is 16.9. The van der Waals surface area contributed by atoms with Gasteiger partial charge in [0.05, 0.1) is 18.2 Å². The summed E-state index contributed by atoms with van der Waals surface area (Å²) in [7, 11) is 0. The smallest absolute Gasteiger partial charge is 0.338 e. The maximum Gasteiger partial charge on any atom is 0.338 e. The number of hydrogen-bond donors (Lipinski definition) is 2. The Hall–Kier alpha value is -2.94. The van der Waals surface area contributed by atoms with E-state index < -0.39 is 12.0 Å². The van der Waals surface area contributed by atoms with Gasteiger partial charge >= 0.3 is 12.0 Å². The summed E-state index contributed by atoms with van der Waals surface area (Å²) in [6, 6.07) is 6.07. The molecule has 1 aromatic carbocycles. The van der Waals surface area contributed by atoms with Gasteiger partial charge in [-0.3, -0.25) is 0 Å². The van der Waals surface area contributed by atoms with Crippen molar-refractivity contribution in [1.82, 2.24) is 10.6 Å². The van der Waals surface area contributed by atoms with Gasteiger partial charge < -0.3 is 20.1 Å². The molecule has 0 unspecified atom stereocenters. The Bertz CT molecular complexity index is 688. The number of amides is 2. The summed E-state index contributed by atoms with van der Waals surface area (Å²) in [6.07, 6.45) is 5.18. The van der Waals surface area contributed by atoms with Gasteiger partial charge in [-0.25, -0.2) is 9.59 Å². The molecule has 1 aliphatic heterocycles. The zero-order chi connectivity index (χ0) is 16.8. The van der Waals surface area contributed by atoms with Crippen LogP contribution in [0.15, 0.2) is 35.5 Å². The second-order valence-corrected chi connectivity index (χ2v) is 4.86. The first kappa shape index (κ1) is 16.4. The predicted molar refractivity (Wildman–Crippen MR) is 84.5 cm³/mol. The highest BCUT2D eigenvalue weighted by Crippen LogP contribution is 2.29. The zero-order valence-electron chi connectivity index (χ0n) is 13.0. The molecule has 0 spiro atoms. The molecule has 6 heteroatoms. The summed E-state index contributed by atoms with van der Waals surface area (Å²) in [5, 5.41) is 5.32. The number of carbonyl (C=O) groups excluding carboxylic acids is 2. The van der Waals surface area contributed by atoms with Gasteiger partial charge in [0.2, 0.25) is 0 Å². The molecule has 0 saturated heterocycles. The van der Waals surface area contributed by atoms with Crippen molar-refractivity contribution in [2.75, 3.05) is 13.2 Å². The molecule has 1 aromatic rings. The number of esters is 1. The van der Waals surface area contributed by atoms with Gasteiger partial charge in [-0.1, -0.05) is 18.1 Å². The summed E-state index contributed by atoms with van der Waals surface area (Å²) in [6.45, 7) is 3.78. The number of carbonyl (C=O) groups is 2. The quantitative estimate of drug-likeness (QED) is 0.643. The molecular weight excluding hydrogens is 296 g/mol. The van der Waals surface area contributed by atoms with E-state index in [0.29, 0.717) is 22.6 Å². The maximum atomic E-state index is 12.2. The monoisotopic (exact) mass is 314 g/mol. The largest absolute Gasteiger partial charge is 0.481 e. The average Bonchev–Trinajstić information content (AvgIpc) is 2.52. The minimum atomic E-state index is -0.614. The standard InChI is InChI=1S/C17H18N2O4/c1-4-9-23-13-8-6-7-12(10-13)15-14(16(20)22-5-2)11(3)18-17(21)19-15/h1,6-8,10,15H,5,9H2,2-3H3,(H2,18,19,21)/t15-/m0/s1. The third-order valence-electron chi connectivity index (χ3n) is 3.28. The molecule has 2 N–H and O–H groups in total. The van der Waals surface area contributed by atoms with Crippen molar-refractivity contribution in [3.63, 3.8) is 0 Å². The van der Waals surface area contributed by atoms with E-state index in [0.717, 1.165) is 0 Å². The lowest BCUT2D eigenvalue weighted by Crippen LogP contribution is -2.45. The van der Waals surface area contributed by atoms with E-state index in [-0.39, 0.29) is 19.2 Å². The Morgan fingerprint density at radius 3 is 2.91 bits per heavy atom. The molecule has 0 saturated carbocycles. The van der Waals surface area contributed by atoms with Crippen molar-refractivity contribution >= 4 is 12.0 Å². The van der Waals surface area contributed by atoms with Gasteiger partial charge in [-0.2, -0.15) is 0 Å². The number of nitrogens with one attached hydrogen (secondary N) is 2. The minimum absolute atomic E-state index is 0.141. The van der Waals surface area contributed by atoms with Crippen LogP contribution in [0, 0.1) is 12.3 Å². The lowest BCUT2D eigenvalue weighted by molar-refractivity contribution is -0.139. The second kappa shape index (κ2) is 7.36. The number of rotatable bonds is 5. The van der Waals surface area contributed by atoms with Crippen molar-refractivity contribution in [3.05, 3.63) is 41.1 Å². The summed E-state index contributed by atoms with van der Waals surface area (Å²) in [4.78, 5) is 24.0. The molecule has 6 nitrogen and oxygen atoms in total. The number of urea groups is 1. The summed E-state index contributed by atoms with van der Waals surface area (Å²) < 4.78 is 10.5. The summed E-state index contributed by atoms with van der Waals surface area (Å²) in [5.74, 6) is 2.48. The maximum absolute atomic E-state index is 12.2. The van der Waals surface area contributed by atoms with E-state index >= 15 is 0 Å². The molecule has 0 bridgehead atoms. The zero-order valence-corrected chi connectivity index (χ0v) is 13.0. The van der Waals surface area contributed by atoms with Crippen molar-refractivity contribution in [3.8, 4) is 18.1 Å². The summed E-state index contributed by atoms with van der Waals surface area (Å²) >= 11 is 0. The number of benzene rings is 1. The van der Waals surface area contributed by atoms with E-state index in [2.05, 4.69) is 16.6 Å². The molecule has 1 aliphatic rings. The Morgan fingerprint density at radius 2 is 2.22 bits per heavy atom. The van der Waals surface area contributed by atoms with Crippen LogP contribution in [0.2, 0.25) is 0 Å². The Morgan fingerprint density at radius 1 is 1.43 bits per heavy atom. The Balaban J connectivity index is 2.38. The molecule has 0 aliphatic carbocycles. The molecule has 0 fully saturated rings. The predicted octanol–water partition coefficient (Wildman–Crippen LogP) is 1.89. The Labute approximate surface area is 134 Å². The average molecular weight is 314 g/mol. The highest BCUT2D eigenvalue weighted by molar-refractivity contribution is 5.95. The number of terminal acetylenes is 1. The van der Waals surface area contributed by atoms with E-state index in [1.165, 1.54) is 0 Å². The Kier molecular flexibility index (Phi) is 5.26. The molecule has 1 atom stereocenters.